The molecule has 0 aliphatic heterocycles. The van der Waals surface area contributed by atoms with Gasteiger partial charge in [-0.25, -0.2) is 23.2 Å². The molecule has 3 aromatic rings. The maximum atomic E-state index is 13.4. The minimum Gasteiger partial charge on any atom is -0.302 e. The third-order valence-electron chi connectivity index (χ3n) is 6.67. The summed E-state index contributed by atoms with van der Waals surface area (Å²) in [6.45, 7) is 4.00. The Morgan fingerprint density at radius 3 is 2.76 bits per heavy atom. The van der Waals surface area contributed by atoms with Crippen LogP contribution in [0.2, 0.25) is 0 Å². The Balaban J connectivity index is 1.46. The fourth-order valence-corrected chi connectivity index (χ4v) is 6.50. The average molecular weight is 484 g/mol. The molecule has 1 fully saturated rings. The lowest BCUT2D eigenvalue weighted by Crippen LogP contribution is -2.49. The quantitative estimate of drug-likeness (QED) is 0.395. The molecule has 0 aromatic carbocycles. The van der Waals surface area contributed by atoms with Gasteiger partial charge in [0, 0.05) is 19.1 Å². The van der Waals surface area contributed by atoms with Crippen molar-refractivity contribution in [1.82, 2.24) is 33.8 Å². The largest absolute Gasteiger partial charge is 0.302 e. The summed E-state index contributed by atoms with van der Waals surface area (Å²) in [4.78, 5) is 20.5. The van der Waals surface area contributed by atoms with Gasteiger partial charge in [-0.05, 0) is 63.3 Å². The fraction of sp³-hybridized carbons (Fsp3) is 0.435. The van der Waals surface area contributed by atoms with Gasteiger partial charge in [-0.15, -0.1) is 5.10 Å². The van der Waals surface area contributed by atoms with Gasteiger partial charge in [0.05, 0.1) is 29.2 Å². The number of rotatable bonds is 6. The Bertz CT molecular complexity index is 1280. The SMILES string of the molecule is CC(C)N(C1CCC2=Cc3c(cnn3-c3ccc(F)nc3)CC2(C=O)C1)S(=O)c1ncn(C)n1. The maximum absolute atomic E-state index is 13.4. The van der Waals surface area contributed by atoms with Crippen LogP contribution in [0.15, 0.2) is 41.6 Å². The number of carbonyl (C=O) groups is 1. The number of aromatic nitrogens is 6. The number of allylic oxidation sites excluding steroid dienone is 1. The number of aldehydes is 1. The highest BCUT2D eigenvalue weighted by Gasteiger charge is 2.46. The minimum atomic E-state index is -1.53. The monoisotopic (exact) mass is 483 g/mol. The molecule has 5 rings (SSSR count). The number of carbonyl (C=O) groups excluding carboxylic acids is 1. The van der Waals surface area contributed by atoms with Gasteiger partial charge in [-0.1, -0.05) is 5.57 Å². The summed E-state index contributed by atoms with van der Waals surface area (Å²) in [5.41, 5.74) is 2.87. The summed E-state index contributed by atoms with van der Waals surface area (Å²) < 4.78 is 31.9. The Kier molecular flexibility index (Phi) is 5.76. The molecular weight excluding hydrogens is 457 g/mol. The van der Waals surface area contributed by atoms with Crippen molar-refractivity contribution in [1.29, 1.82) is 0 Å². The van der Waals surface area contributed by atoms with E-state index in [1.807, 2.05) is 24.2 Å². The van der Waals surface area contributed by atoms with E-state index in [9.17, 15) is 13.4 Å². The zero-order valence-electron chi connectivity index (χ0n) is 19.3. The maximum Gasteiger partial charge on any atom is 0.254 e. The molecule has 3 unspecified atom stereocenters. The van der Waals surface area contributed by atoms with E-state index in [2.05, 4.69) is 20.2 Å². The van der Waals surface area contributed by atoms with Crippen LogP contribution in [-0.2, 0) is 29.2 Å². The highest BCUT2D eigenvalue weighted by molar-refractivity contribution is 7.82. The molecule has 0 saturated heterocycles. The van der Waals surface area contributed by atoms with E-state index < -0.39 is 22.3 Å². The molecular formula is C23H26FN7O2S. The summed E-state index contributed by atoms with van der Waals surface area (Å²) in [5, 5.41) is 9.00. The third-order valence-corrected chi connectivity index (χ3v) is 8.27. The van der Waals surface area contributed by atoms with Crippen molar-refractivity contribution in [3.8, 4) is 5.69 Å². The average Bonchev–Trinajstić information content (AvgIpc) is 3.43. The number of halogens is 1. The lowest BCUT2D eigenvalue weighted by atomic mass is 9.64. The Morgan fingerprint density at radius 2 is 2.12 bits per heavy atom. The van der Waals surface area contributed by atoms with E-state index in [-0.39, 0.29) is 17.2 Å². The molecule has 0 spiro atoms. The van der Waals surface area contributed by atoms with Crippen molar-refractivity contribution >= 4 is 23.3 Å². The van der Waals surface area contributed by atoms with E-state index in [1.54, 1.807) is 24.0 Å². The lowest BCUT2D eigenvalue weighted by Gasteiger charge is -2.45. The molecule has 3 aromatic heterocycles. The fourth-order valence-electron chi connectivity index (χ4n) is 5.14. The first-order valence-corrected chi connectivity index (χ1v) is 12.3. The lowest BCUT2D eigenvalue weighted by molar-refractivity contribution is -0.116. The highest BCUT2D eigenvalue weighted by atomic mass is 32.2. The van der Waals surface area contributed by atoms with Crippen LogP contribution in [0.5, 0.6) is 0 Å². The van der Waals surface area contributed by atoms with E-state index in [4.69, 9.17) is 0 Å². The molecule has 2 aliphatic rings. The number of aryl methyl sites for hydroxylation is 1. The van der Waals surface area contributed by atoms with Crippen LogP contribution in [0.1, 0.15) is 44.4 Å². The van der Waals surface area contributed by atoms with Crippen LogP contribution in [0.4, 0.5) is 4.39 Å². The highest BCUT2D eigenvalue weighted by Crippen LogP contribution is 2.48. The normalized spacial score (nSPS) is 22.9. The Labute approximate surface area is 199 Å². The first kappa shape index (κ1) is 22.7. The van der Waals surface area contributed by atoms with Crippen LogP contribution in [0, 0.1) is 11.4 Å². The third kappa shape index (κ3) is 3.82. The summed E-state index contributed by atoms with van der Waals surface area (Å²) in [7, 11) is 0.217. The first-order chi connectivity index (χ1) is 16.3. The molecule has 9 nitrogen and oxygen atoms in total. The topological polar surface area (TPSA) is 98.8 Å². The molecule has 0 N–H and O–H groups in total. The summed E-state index contributed by atoms with van der Waals surface area (Å²) in [6.07, 6.45) is 10.4. The van der Waals surface area contributed by atoms with Crippen molar-refractivity contribution in [2.45, 2.75) is 56.8 Å². The second kappa shape index (κ2) is 8.62. The van der Waals surface area contributed by atoms with Gasteiger partial charge < -0.3 is 4.79 Å². The van der Waals surface area contributed by atoms with E-state index in [0.717, 1.165) is 29.5 Å². The van der Waals surface area contributed by atoms with Crippen molar-refractivity contribution in [2.75, 3.05) is 0 Å². The second-order valence-corrected chi connectivity index (χ2v) is 10.5. The first-order valence-electron chi connectivity index (χ1n) is 11.2. The summed E-state index contributed by atoms with van der Waals surface area (Å²) in [5.74, 6) is -0.547. The molecule has 34 heavy (non-hydrogen) atoms. The van der Waals surface area contributed by atoms with Crippen molar-refractivity contribution < 1.29 is 13.4 Å². The molecule has 178 valence electrons. The molecule has 3 heterocycles. The van der Waals surface area contributed by atoms with Gasteiger partial charge in [0.2, 0.25) is 5.95 Å². The van der Waals surface area contributed by atoms with Crippen LogP contribution < -0.4 is 0 Å². The predicted molar refractivity (Wildman–Crippen MR) is 124 cm³/mol. The van der Waals surface area contributed by atoms with Gasteiger partial charge in [0.1, 0.15) is 12.6 Å². The predicted octanol–water partition coefficient (Wildman–Crippen LogP) is 2.65. The number of pyridine rings is 1. The Hall–Kier alpha value is -3.05. The molecule has 11 heteroatoms. The standard InChI is InChI=1S/C23H26FN7O2S/c1-15(2)31(34(33)22-26-14-29(3)28-22)18-5-4-17-8-20-16(9-23(17,10-18)13-32)11-27-30(20)19-6-7-21(24)25-12-19/h6-8,11-15,18H,4-5,9-10H2,1-3H3. The van der Waals surface area contributed by atoms with Gasteiger partial charge in [0.25, 0.3) is 5.16 Å². The van der Waals surface area contributed by atoms with Gasteiger partial charge in [-0.3, -0.25) is 4.68 Å². The van der Waals surface area contributed by atoms with Gasteiger partial charge in [-0.2, -0.15) is 9.49 Å². The van der Waals surface area contributed by atoms with Crippen molar-refractivity contribution in [3.05, 3.63) is 53.6 Å². The number of hydrogen-bond donors (Lipinski definition) is 0. The number of hydrogen-bond acceptors (Lipinski definition) is 6. The summed E-state index contributed by atoms with van der Waals surface area (Å²) in [6, 6.07) is 2.85. The molecule has 3 atom stereocenters. The van der Waals surface area contributed by atoms with Crippen molar-refractivity contribution in [3.63, 3.8) is 0 Å². The van der Waals surface area contributed by atoms with E-state index >= 15 is 0 Å². The van der Waals surface area contributed by atoms with Crippen LogP contribution >= 0.6 is 0 Å². The van der Waals surface area contributed by atoms with Crippen LogP contribution in [0.3, 0.4) is 0 Å². The smallest absolute Gasteiger partial charge is 0.254 e. The van der Waals surface area contributed by atoms with E-state index in [0.29, 0.717) is 24.9 Å². The molecule has 2 aliphatic carbocycles. The van der Waals surface area contributed by atoms with Crippen LogP contribution in [-0.4, -0.2) is 56.4 Å². The Morgan fingerprint density at radius 1 is 1.29 bits per heavy atom. The molecule has 1 saturated carbocycles. The number of fused-ring (bicyclic) bond motifs is 2. The molecule has 0 amide bonds. The zero-order valence-corrected chi connectivity index (χ0v) is 20.1. The minimum absolute atomic E-state index is 0.0169. The van der Waals surface area contributed by atoms with Gasteiger partial charge >= 0.3 is 0 Å². The van der Waals surface area contributed by atoms with E-state index in [1.165, 1.54) is 23.3 Å². The zero-order chi connectivity index (χ0) is 24.0. The second-order valence-electron chi connectivity index (χ2n) is 9.23. The van der Waals surface area contributed by atoms with Crippen LogP contribution in [0.25, 0.3) is 11.8 Å². The number of nitrogens with zero attached hydrogens (tertiary/aromatic N) is 7. The molecule has 0 radical (unpaired) electrons. The van der Waals surface area contributed by atoms with Crippen molar-refractivity contribution in [2.24, 2.45) is 12.5 Å². The van der Waals surface area contributed by atoms with Gasteiger partial charge in [0.15, 0.2) is 11.0 Å². The molecule has 0 bridgehead atoms. The summed E-state index contributed by atoms with van der Waals surface area (Å²) >= 11 is 0.